The molecule has 92 valence electrons. The van der Waals surface area contributed by atoms with Crippen LogP contribution in [-0.4, -0.2) is 24.0 Å². The summed E-state index contributed by atoms with van der Waals surface area (Å²) in [5, 5.41) is 0. The van der Waals surface area contributed by atoms with Gasteiger partial charge in [0.15, 0.2) is 0 Å². The zero-order valence-corrected chi connectivity index (χ0v) is 10.5. The van der Waals surface area contributed by atoms with Gasteiger partial charge in [-0.2, -0.15) is 0 Å². The van der Waals surface area contributed by atoms with E-state index in [1.165, 1.54) is 64.5 Å². The van der Waals surface area contributed by atoms with Crippen LogP contribution >= 0.6 is 0 Å². The van der Waals surface area contributed by atoms with Gasteiger partial charge in [-0.05, 0) is 38.8 Å². The molecule has 0 aromatic heterocycles. The molecule has 1 heterocycles. The van der Waals surface area contributed by atoms with Crippen molar-refractivity contribution in [3.05, 3.63) is 0 Å². The van der Waals surface area contributed by atoms with E-state index in [9.17, 15) is 0 Å². The van der Waals surface area contributed by atoms with Crippen LogP contribution in [0.15, 0.2) is 0 Å². The van der Waals surface area contributed by atoms with Crippen LogP contribution in [0.25, 0.3) is 0 Å². The fourth-order valence-electron chi connectivity index (χ4n) is 2.57. The topological polar surface area (TPSA) is 3.24 Å². The number of rotatable bonds is 7. The second-order valence-electron chi connectivity index (χ2n) is 4.65. The molecule has 0 amide bonds. The molecule has 0 bridgehead atoms. The lowest BCUT2D eigenvalue weighted by Gasteiger charge is -2.22. The molecular weight excluding hydrogens is 189 g/mol. The molecule has 0 saturated carbocycles. The largest absolute Gasteiger partial charge is 0.300 e. The lowest BCUT2D eigenvalue weighted by atomic mass is 10.1. The summed E-state index contributed by atoms with van der Waals surface area (Å²) in [4.78, 5) is 2.71. The molecule has 15 heavy (non-hydrogen) atoms. The molecule has 0 N–H and O–H groups in total. The van der Waals surface area contributed by atoms with Gasteiger partial charge in [-0.3, -0.25) is 4.70 Å². The highest BCUT2D eigenvalue weighted by Crippen LogP contribution is 2.20. The molecule has 0 aromatic carbocycles. The van der Waals surface area contributed by atoms with Crippen molar-refractivity contribution < 1.29 is 4.70 Å². The molecular formula is C13H28FN. The van der Waals surface area contributed by atoms with Gasteiger partial charge in [0.1, 0.15) is 0 Å². The molecule has 1 unspecified atom stereocenters. The van der Waals surface area contributed by atoms with Gasteiger partial charge in [-0.15, -0.1) is 0 Å². The van der Waals surface area contributed by atoms with Gasteiger partial charge in [0, 0.05) is 6.04 Å². The Morgan fingerprint density at radius 1 is 1.07 bits per heavy atom. The van der Waals surface area contributed by atoms with Crippen molar-refractivity contribution in [2.24, 2.45) is 0 Å². The lowest BCUT2D eigenvalue weighted by Crippen LogP contribution is -2.29. The summed E-state index contributed by atoms with van der Waals surface area (Å²) in [7, 11) is 0. The molecule has 2 heteroatoms. The molecule has 1 fully saturated rings. The predicted octanol–water partition coefficient (Wildman–Crippen LogP) is 3.98. The first-order valence-electron chi connectivity index (χ1n) is 6.62. The lowest BCUT2D eigenvalue weighted by molar-refractivity contribution is 0.242. The van der Waals surface area contributed by atoms with E-state index in [0.29, 0.717) is 0 Å². The molecule has 0 radical (unpaired) electrons. The van der Waals surface area contributed by atoms with Crippen molar-refractivity contribution in [2.45, 2.75) is 71.3 Å². The van der Waals surface area contributed by atoms with Crippen molar-refractivity contribution in [3.63, 3.8) is 0 Å². The van der Waals surface area contributed by atoms with Gasteiger partial charge in [-0.25, -0.2) is 0 Å². The van der Waals surface area contributed by atoms with Gasteiger partial charge in [0.05, 0.1) is 0 Å². The first-order valence-corrected chi connectivity index (χ1v) is 6.62. The van der Waals surface area contributed by atoms with E-state index in [1.807, 2.05) is 0 Å². The van der Waals surface area contributed by atoms with Gasteiger partial charge in [0.2, 0.25) is 0 Å². The third-order valence-electron chi connectivity index (χ3n) is 3.52. The van der Waals surface area contributed by atoms with E-state index in [4.69, 9.17) is 0 Å². The number of hydrogen-bond acceptors (Lipinski definition) is 1. The molecule has 1 aliphatic rings. The van der Waals surface area contributed by atoms with E-state index in [2.05, 4.69) is 18.7 Å². The molecule has 1 aliphatic heterocycles. The van der Waals surface area contributed by atoms with Crippen molar-refractivity contribution in [1.82, 2.24) is 4.90 Å². The van der Waals surface area contributed by atoms with Crippen LogP contribution in [-0.2, 0) is 0 Å². The van der Waals surface area contributed by atoms with Crippen LogP contribution in [0.4, 0.5) is 4.70 Å². The van der Waals surface area contributed by atoms with Crippen LogP contribution in [0.2, 0.25) is 0 Å². The van der Waals surface area contributed by atoms with Crippen LogP contribution in [0, 0.1) is 0 Å². The number of unbranched alkanes of at least 4 members (excludes halogenated alkanes) is 4. The maximum Gasteiger partial charge on any atom is 0.00931 e. The second kappa shape index (κ2) is 9.14. The maximum atomic E-state index is 2.71. The highest BCUT2D eigenvalue weighted by molar-refractivity contribution is 4.77. The Balaban J connectivity index is 0.00000196. The molecule has 0 spiro atoms. The molecule has 1 atom stereocenters. The predicted molar refractivity (Wildman–Crippen MR) is 66.1 cm³/mol. The zero-order valence-electron chi connectivity index (χ0n) is 10.5. The molecule has 0 aliphatic carbocycles. The molecule has 1 nitrogen and oxygen atoms in total. The third kappa shape index (κ3) is 5.50. The summed E-state index contributed by atoms with van der Waals surface area (Å²) in [6, 6.07) is 0.918. The van der Waals surface area contributed by atoms with Crippen molar-refractivity contribution >= 4 is 0 Å². The van der Waals surface area contributed by atoms with E-state index in [0.717, 1.165) is 6.04 Å². The maximum absolute atomic E-state index is 2.71. The number of nitrogens with zero attached hydrogens (tertiary/aromatic N) is 1. The van der Waals surface area contributed by atoms with Gasteiger partial charge >= 0.3 is 0 Å². The fourth-order valence-corrected chi connectivity index (χ4v) is 2.57. The van der Waals surface area contributed by atoms with Crippen molar-refractivity contribution in [2.75, 3.05) is 13.1 Å². The van der Waals surface area contributed by atoms with Crippen molar-refractivity contribution in [3.8, 4) is 0 Å². The SMILES string of the molecule is CCCCCCCN1CCCC1CC.F. The number of likely N-dealkylation sites (tertiary alicyclic amines) is 1. The first-order chi connectivity index (χ1) is 6.88. The number of hydrogen-bond donors (Lipinski definition) is 0. The molecule has 1 rings (SSSR count). The summed E-state index contributed by atoms with van der Waals surface area (Å²) < 4.78 is 0. The van der Waals surface area contributed by atoms with Gasteiger partial charge in [-0.1, -0.05) is 39.5 Å². The highest BCUT2D eigenvalue weighted by atomic mass is 19.0. The standard InChI is InChI=1S/C13H27N.FH/c1-3-5-6-7-8-11-14-12-9-10-13(14)4-2;/h13H,3-12H2,1-2H3;1H. The first kappa shape index (κ1) is 14.9. The Morgan fingerprint density at radius 2 is 1.80 bits per heavy atom. The van der Waals surface area contributed by atoms with Gasteiger partial charge < -0.3 is 4.90 Å². The van der Waals surface area contributed by atoms with Crippen molar-refractivity contribution in [1.29, 1.82) is 0 Å². The van der Waals surface area contributed by atoms with Crippen LogP contribution in [0.5, 0.6) is 0 Å². The summed E-state index contributed by atoms with van der Waals surface area (Å²) in [6.07, 6.45) is 11.4. The third-order valence-corrected chi connectivity index (χ3v) is 3.52. The van der Waals surface area contributed by atoms with Crippen LogP contribution in [0.3, 0.4) is 0 Å². The average Bonchev–Trinajstić information content (AvgIpc) is 2.65. The fraction of sp³-hybridized carbons (Fsp3) is 1.00. The highest BCUT2D eigenvalue weighted by Gasteiger charge is 2.21. The number of halogens is 1. The van der Waals surface area contributed by atoms with Gasteiger partial charge in [0.25, 0.3) is 0 Å². The van der Waals surface area contributed by atoms with Crippen LogP contribution in [0.1, 0.15) is 65.2 Å². The summed E-state index contributed by atoms with van der Waals surface area (Å²) in [5.41, 5.74) is 0. The monoisotopic (exact) mass is 217 g/mol. The smallest absolute Gasteiger partial charge is 0.00931 e. The minimum absolute atomic E-state index is 0. The minimum atomic E-state index is 0. The molecule has 0 aromatic rings. The zero-order chi connectivity index (χ0) is 10.2. The minimum Gasteiger partial charge on any atom is -0.300 e. The second-order valence-corrected chi connectivity index (χ2v) is 4.65. The Bertz CT molecular complexity index is 138. The van der Waals surface area contributed by atoms with E-state index in [1.54, 1.807) is 0 Å². The normalized spacial score (nSPS) is 21.6. The summed E-state index contributed by atoms with van der Waals surface area (Å²) in [5.74, 6) is 0. The Hall–Kier alpha value is -0.110. The Labute approximate surface area is 94.6 Å². The molecule has 1 saturated heterocycles. The van der Waals surface area contributed by atoms with E-state index in [-0.39, 0.29) is 4.70 Å². The Kier molecular flexibility index (Phi) is 9.07. The van der Waals surface area contributed by atoms with Crippen LogP contribution < -0.4 is 0 Å². The average molecular weight is 217 g/mol. The van der Waals surface area contributed by atoms with E-state index >= 15 is 0 Å². The quantitative estimate of drug-likeness (QED) is 0.583. The summed E-state index contributed by atoms with van der Waals surface area (Å²) in [6.45, 7) is 7.35. The summed E-state index contributed by atoms with van der Waals surface area (Å²) >= 11 is 0. The Morgan fingerprint density at radius 3 is 2.47 bits per heavy atom. The van der Waals surface area contributed by atoms with E-state index < -0.39 is 0 Å².